The number of aromatic nitrogens is 4. The van der Waals surface area contributed by atoms with Crippen LogP contribution in [0.5, 0.6) is 0 Å². The number of amides is 1. The van der Waals surface area contributed by atoms with Crippen molar-refractivity contribution in [1.82, 2.24) is 24.6 Å². The van der Waals surface area contributed by atoms with Crippen molar-refractivity contribution in [2.75, 3.05) is 18.8 Å². The number of benzene rings is 1. The van der Waals surface area contributed by atoms with E-state index in [0.29, 0.717) is 16.2 Å². The van der Waals surface area contributed by atoms with Crippen LogP contribution in [0, 0.1) is 6.92 Å². The smallest absolute Gasteiger partial charge is 0.262 e. The Morgan fingerprint density at radius 3 is 2.75 bits per heavy atom. The predicted octanol–water partition coefficient (Wildman–Crippen LogP) is 2.91. The van der Waals surface area contributed by atoms with Gasteiger partial charge >= 0.3 is 0 Å². The monoisotopic (exact) mass is 397 g/mol. The highest BCUT2D eigenvalue weighted by Crippen LogP contribution is 2.19. The Kier molecular flexibility index (Phi) is 5.47. The molecule has 1 N–H and O–H groups in total. The maximum atomic E-state index is 12.5. The number of carbonyl (C=O) groups excluding carboxylic acids is 1. The van der Waals surface area contributed by atoms with Gasteiger partial charge in [-0.1, -0.05) is 36.7 Å². The van der Waals surface area contributed by atoms with E-state index < -0.39 is 0 Å². The lowest BCUT2D eigenvalue weighted by atomic mass is 10.2. The number of H-pyrrole nitrogens is 1. The Bertz CT molecular complexity index is 1050. The number of hydrogen-bond donors (Lipinski definition) is 1. The van der Waals surface area contributed by atoms with Crippen LogP contribution in [0.15, 0.2) is 40.4 Å². The molecule has 0 spiro atoms. The van der Waals surface area contributed by atoms with Crippen LogP contribution in [0.2, 0.25) is 0 Å². The van der Waals surface area contributed by atoms with Crippen LogP contribution in [0.3, 0.4) is 0 Å². The zero-order valence-electron chi connectivity index (χ0n) is 15.9. The van der Waals surface area contributed by atoms with Crippen LogP contribution >= 0.6 is 11.8 Å². The fourth-order valence-corrected chi connectivity index (χ4v) is 4.22. The van der Waals surface area contributed by atoms with Gasteiger partial charge in [0, 0.05) is 13.1 Å². The van der Waals surface area contributed by atoms with Gasteiger partial charge in [-0.3, -0.25) is 9.59 Å². The summed E-state index contributed by atoms with van der Waals surface area (Å²) in [7, 11) is 0. The first-order chi connectivity index (χ1) is 13.6. The van der Waals surface area contributed by atoms with E-state index in [0.717, 1.165) is 37.2 Å². The van der Waals surface area contributed by atoms with E-state index >= 15 is 0 Å². The molecule has 1 saturated heterocycles. The van der Waals surface area contributed by atoms with Gasteiger partial charge in [-0.15, -0.1) is 0 Å². The third-order valence-corrected chi connectivity index (χ3v) is 5.81. The number of aryl methyl sites for hydroxylation is 1. The van der Waals surface area contributed by atoms with Crippen LogP contribution in [0.25, 0.3) is 16.7 Å². The van der Waals surface area contributed by atoms with Crippen molar-refractivity contribution >= 4 is 28.7 Å². The van der Waals surface area contributed by atoms with E-state index in [1.807, 2.05) is 36.1 Å². The van der Waals surface area contributed by atoms with Crippen LogP contribution in [0.1, 0.15) is 31.2 Å². The molecule has 2 aromatic heterocycles. The lowest BCUT2D eigenvalue weighted by molar-refractivity contribution is -0.128. The van der Waals surface area contributed by atoms with E-state index in [1.165, 1.54) is 30.8 Å². The zero-order chi connectivity index (χ0) is 19.5. The summed E-state index contributed by atoms with van der Waals surface area (Å²) in [5.74, 6) is 0.370. The average Bonchev–Trinajstić information content (AvgIpc) is 2.93. The van der Waals surface area contributed by atoms with Crippen LogP contribution in [-0.2, 0) is 4.79 Å². The third-order valence-electron chi connectivity index (χ3n) is 4.95. The molecule has 7 nitrogen and oxygen atoms in total. The fraction of sp³-hybridized carbons (Fsp3) is 0.400. The average molecular weight is 398 g/mol. The Labute approximate surface area is 167 Å². The highest BCUT2D eigenvalue weighted by atomic mass is 32.2. The molecule has 28 heavy (non-hydrogen) atoms. The van der Waals surface area contributed by atoms with Crippen molar-refractivity contribution in [3.63, 3.8) is 0 Å². The third kappa shape index (κ3) is 3.96. The molecular weight excluding hydrogens is 374 g/mol. The second-order valence-corrected chi connectivity index (χ2v) is 8.05. The van der Waals surface area contributed by atoms with Gasteiger partial charge in [0.15, 0.2) is 10.8 Å². The number of hydrogen-bond acceptors (Lipinski definition) is 5. The molecule has 0 saturated carbocycles. The molecule has 0 atom stereocenters. The van der Waals surface area contributed by atoms with Crippen LogP contribution in [0.4, 0.5) is 0 Å². The van der Waals surface area contributed by atoms with Crippen LogP contribution < -0.4 is 5.56 Å². The molecule has 146 valence electrons. The minimum atomic E-state index is -0.242. The Morgan fingerprint density at radius 2 is 2.00 bits per heavy atom. The van der Waals surface area contributed by atoms with Crippen molar-refractivity contribution in [1.29, 1.82) is 0 Å². The highest BCUT2D eigenvalue weighted by Gasteiger charge is 2.17. The van der Waals surface area contributed by atoms with Gasteiger partial charge in [-0.2, -0.15) is 5.10 Å². The first-order valence-electron chi connectivity index (χ1n) is 9.57. The molecule has 4 rings (SSSR count). The molecule has 3 aromatic rings. The molecule has 0 unspecified atom stereocenters. The summed E-state index contributed by atoms with van der Waals surface area (Å²) < 4.78 is 1.66. The summed E-state index contributed by atoms with van der Waals surface area (Å²) in [6.45, 7) is 3.65. The first-order valence-corrected chi connectivity index (χ1v) is 10.6. The molecule has 0 bridgehead atoms. The lowest BCUT2D eigenvalue weighted by Crippen LogP contribution is -2.33. The summed E-state index contributed by atoms with van der Waals surface area (Å²) in [6.07, 6.45) is 6.03. The van der Waals surface area contributed by atoms with E-state index in [-0.39, 0.29) is 17.2 Å². The maximum Gasteiger partial charge on any atom is 0.262 e. The quantitative estimate of drug-likeness (QED) is 0.541. The van der Waals surface area contributed by atoms with Crippen molar-refractivity contribution in [2.24, 2.45) is 0 Å². The largest absolute Gasteiger partial charge is 0.342 e. The summed E-state index contributed by atoms with van der Waals surface area (Å²) in [6, 6.07) is 7.87. The molecule has 3 heterocycles. The summed E-state index contributed by atoms with van der Waals surface area (Å²) in [4.78, 5) is 34.2. The maximum absolute atomic E-state index is 12.5. The number of nitrogens with one attached hydrogen (secondary N) is 1. The molecule has 0 aliphatic carbocycles. The fourth-order valence-electron chi connectivity index (χ4n) is 3.46. The Morgan fingerprint density at radius 1 is 1.21 bits per heavy atom. The second-order valence-electron chi connectivity index (χ2n) is 7.09. The number of fused-ring (bicyclic) bond motifs is 1. The van der Waals surface area contributed by atoms with Gasteiger partial charge in [0.1, 0.15) is 5.39 Å². The van der Waals surface area contributed by atoms with Crippen LogP contribution in [-0.4, -0.2) is 49.4 Å². The van der Waals surface area contributed by atoms with Gasteiger partial charge in [0.25, 0.3) is 5.56 Å². The number of thioether (sulfide) groups is 1. The first kappa shape index (κ1) is 18.7. The van der Waals surface area contributed by atoms with Gasteiger partial charge in [-0.25, -0.2) is 9.67 Å². The molecule has 1 aromatic carbocycles. The van der Waals surface area contributed by atoms with Crippen molar-refractivity contribution in [3.05, 3.63) is 46.4 Å². The number of aromatic amines is 1. The minimum Gasteiger partial charge on any atom is -0.342 e. The SMILES string of the molecule is Cc1cccc(-n2ncc3c(=O)[nH]c(SCC(=O)N4CCCCCC4)nc32)c1. The van der Waals surface area contributed by atoms with Crippen molar-refractivity contribution < 1.29 is 4.79 Å². The second kappa shape index (κ2) is 8.18. The molecule has 1 aliphatic rings. The van der Waals surface area contributed by atoms with Gasteiger partial charge in [-0.05, 0) is 37.5 Å². The Balaban J connectivity index is 1.57. The van der Waals surface area contributed by atoms with E-state index in [4.69, 9.17) is 0 Å². The predicted molar refractivity (Wildman–Crippen MR) is 110 cm³/mol. The summed E-state index contributed by atoms with van der Waals surface area (Å²) in [5.41, 5.74) is 2.21. The minimum absolute atomic E-state index is 0.0989. The Hall–Kier alpha value is -2.61. The molecule has 1 fully saturated rings. The van der Waals surface area contributed by atoms with E-state index in [9.17, 15) is 9.59 Å². The molecule has 1 amide bonds. The zero-order valence-corrected chi connectivity index (χ0v) is 16.7. The van der Waals surface area contributed by atoms with Gasteiger partial charge in [0.05, 0.1) is 17.6 Å². The summed E-state index contributed by atoms with van der Waals surface area (Å²) in [5, 5.41) is 5.21. The highest BCUT2D eigenvalue weighted by molar-refractivity contribution is 7.99. The summed E-state index contributed by atoms with van der Waals surface area (Å²) >= 11 is 1.27. The lowest BCUT2D eigenvalue weighted by Gasteiger charge is -2.19. The number of carbonyl (C=O) groups is 1. The normalized spacial score (nSPS) is 15.0. The standard InChI is InChI=1S/C20H23N5O2S/c1-14-7-6-8-15(11-14)25-18-16(12-21-25)19(27)23-20(22-18)28-13-17(26)24-9-4-2-3-5-10-24/h6-8,11-12H,2-5,9-10,13H2,1H3,(H,22,23,27). The molecule has 8 heteroatoms. The van der Waals surface area contributed by atoms with Gasteiger partial charge < -0.3 is 9.88 Å². The van der Waals surface area contributed by atoms with Crippen molar-refractivity contribution in [2.45, 2.75) is 37.8 Å². The number of nitrogens with zero attached hydrogens (tertiary/aromatic N) is 4. The van der Waals surface area contributed by atoms with E-state index in [2.05, 4.69) is 15.1 Å². The molecule has 0 radical (unpaired) electrons. The topological polar surface area (TPSA) is 83.9 Å². The van der Waals surface area contributed by atoms with E-state index in [1.54, 1.807) is 4.68 Å². The number of likely N-dealkylation sites (tertiary alicyclic amines) is 1. The molecular formula is C20H23N5O2S. The van der Waals surface area contributed by atoms with Crippen molar-refractivity contribution in [3.8, 4) is 5.69 Å². The number of rotatable bonds is 4. The molecule has 1 aliphatic heterocycles. The van der Waals surface area contributed by atoms with Gasteiger partial charge in [0.2, 0.25) is 5.91 Å².